The first-order chi connectivity index (χ1) is 11.5. The Morgan fingerprint density at radius 3 is 2.25 bits per heavy atom. The fourth-order valence-electron chi connectivity index (χ4n) is 2.46. The maximum atomic E-state index is 13.9. The SMILES string of the molecule is CC(=O)N(CCC(=O)N(C)Cc1ccccc1)c1ccccc1F. The lowest BCUT2D eigenvalue weighted by molar-refractivity contribution is -0.130. The number of hydrogen-bond acceptors (Lipinski definition) is 2. The Morgan fingerprint density at radius 1 is 1.00 bits per heavy atom. The zero-order valence-corrected chi connectivity index (χ0v) is 13.9. The molecule has 0 spiro atoms. The number of nitrogens with zero attached hydrogens (tertiary/aromatic N) is 2. The molecule has 2 amide bonds. The molecule has 0 heterocycles. The highest BCUT2D eigenvalue weighted by molar-refractivity contribution is 5.92. The summed E-state index contributed by atoms with van der Waals surface area (Å²) in [6.45, 7) is 2.01. The Labute approximate surface area is 141 Å². The lowest BCUT2D eigenvalue weighted by atomic mass is 10.2. The fraction of sp³-hybridized carbons (Fsp3) is 0.263. The van der Waals surface area contributed by atoms with Crippen LogP contribution in [0.15, 0.2) is 54.6 Å². The third-order valence-corrected chi connectivity index (χ3v) is 3.76. The third-order valence-electron chi connectivity index (χ3n) is 3.76. The molecule has 2 rings (SSSR count). The molecule has 0 bridgehead atoms. The molecule has 0 aliphatic rings. The van der Waals surface area contributed by atoms with Gasteiger partial charge in [0.05, 0.1) is 5.69 Å². The standard InChI is InChI=1S/C19H21FN2O2/c1-15(23)22(18-11-7-6-10-17(18)20)13-12-19(24)21(2)14-16-8-4-3-5-9-16/h3-11H,12-14H2,1-2H3. The maximum Gasteiger partial charge on any atom is 0.224 e. The van der Waals surface area contributed by atoms with E-state index in [-0.39, 0.29) is 30.5 Å². The first-order valence-electron chi connectivity index (χ1n) is 7.79. The minimum absolute atomic E-state index is 0.0959. The number of halogens is 1. The van der Waals surface area contributed by atoms with E-state index in [1.54, 1.807) is 24.1 Å². The van der Waals surface area contributed by atoms with Gasteiger partial charge in [-0.2, -0.15) is 0 Å². The number of para-hydroxylation sites is 1. The highest BCUT2D eigenvalue weighted by atomic mass is 19.1. The van der Waals surface area contributed by atoms with E-state index in [0.29, 0.717) is 6.54 Å². The Bertz CT molecular complexity index is 704. The molecule has 2 aromatic carbocycles. The zero-order chi connectivity index (χ0) is 17.5. The second kappa shape index (κ2) is 8.24. The van der Waals surface area contributed by atoms with Gasteiger partial charge in [0.15, 0.2) is 0 Å². The van der Waals surface area contributed by atoms with Gasteiger partial charge in [0.2, 0.25) is 11.8 Å². The van der Waals surface area contributed by atoms with Gasteiger partial charge in [0.25, 0.3) is 0 Å². The van der Waals surface area contributed by atoms with Crippen LogP contribution in [-0.4, -0.2) is 30.3 Å². The Balaban J connectivity index is 1.98. The molecule has 0 saturated carbocycles. The highest BCUT2D eigenvalue weighted by Gasteiger charge is 2.18. The molecule has 5 heteroatoms. The fourth-order valence-corrected chi connectivity index (χ4v) is 2.46. The van der Waals surface area contributed by atoms with Crippen LogP contribution in [0.2, 0.25) is 0 Å². The third kappa shape index (κ3) is 4.65. The number of amides is 2. The van der Waals surface area contributed by atoms with Crippen LogP contribution < -0.4 is 4.90 Å². The summed E-state index contributed by atoms with van der Waals surface area (Å²) in [5.74, 6) is -0.863. The van der Waals surface area contributed by atoms with Crippen LogP contribution >= 0.6 is 0 Å². The van der Waals surface area contributed by atoms with E-state index in [0.717, 1.165) is 5.56 Å². The molecule has 0 unspecified atom stereocenters. The van der Waals surface area contributed by atoms with Crippen molar-refractivity contribution in [2.75, 3.05) is 18.5 Å². The second-order valence-electron chi connectivity index (χ2n) is 5.61. The van der Waals surface area contributed by atoms with Crippen molar-refractivity contribution in [1.82, 2.24) is 4.90 Å². The van der Waals surface area contributed by atoms with Crippen molar-refractivity contribution >= 4 is 17.5 Å². The van der Waals surface area contributed by atoms with Gasteiger partial charge in [-0.25, -0.2) is 4.39 Å². The van der Waals surface area contributed by atoms with E-state index in [1.165, 1.54) is 24.0 Å². The second-order valence-corrected chi connectivity index (χ2v) is 5.61. The van der Waals surface area contributed by atoms with Gasteiger partial charge in [-0.05, 0) is 17.7 Å². The summed E-state index contributed by atoms with van der Waals surface area (Å²) >= 11 is 0. The maximum absolute atomic E-state index is 13.9. The summed E-state index contributed by atoms with van der Waals surface area (Å²) in [7, 11) is 1.72. The van der Waals surface area contributed by atoms with Crippen LogP contribution in [-0.2, 0) is 16.1 Å². The van der Waals surface area contributed by atoms with Crippen molar-refractivity contribution in [2.45, 2.75) is 19.9 Å². The van der Waals surface area contributed by atoms with Crippen LogP contribution in [0.25, 0.3) is 0 Å². The van der Waals surface area contributed by atoms with E-state index < -0.39 is 5.82 Å². The Hall–Kier alpha value is -2.69. The first-order valence-corrected chi connectivity index (χ1v) is 7.79. The molecule has 0 aliphatic heterocycles. The van der Waals surface area contributed by atoms with Gasteiger partial charge in [-0.1, -0.05) is 42.5 Å². The summed E-state index contributed by atoms with van der Waals surface area (Å²) < 4.78 is 13.9. The predicted octanol–water partition coefficient (Wildman–Crippen LogP) is 3.23. The average Bonchev–Trinajstić information content (AvgIpc) is 2.57. The number of carbonyl (C=O) groups excluding carboxylic acids is 2. The van der Waals surface area contributed by atoms with Crippen molar-refractivity contribution in [3.63, 3.8) is 0 Å². The monoisotopic (exact) mass is 328 g/mol. The number of rotatable bonds is 6. The first kappa shape index (κ1) is 17.7. The number of benzene rings is 2. The quantitative estimate of drug-likeness (QED) is 0.817. The van der Waals surface area contributed by atoms with Gasteiger partial charge in [-0.15, -0.1) is 0 Å². The minimum atomic E-state index is -0.474. The van der Waals surface area contributed by atoms with Crippen molar-refractivity contribution in [3.8, 4) is 0 Å². The smallest absolute Gasteiger partial charge is 0.224 e. The van der Waals surface area contributed by atoms with Crippen LogP contribution in [0.4, 0.5) is 10.1 Å². The number of anilines is 1. The molecule has 4 nitrogen and oxygen atoms in total. The van der Waals surface area contributed by atoms with Gasteiger partial charge < -0.3 is 9.80 Å². The summed E-state index contributed by atoms with van der Waals surface area (Å²) in [5.41, 5.74) is 1.23. The topological polar surface area (TPSA) is 40.6 Å². The molecule has 0 aliphatic carbocycles. The van der Waals surface area contributed by atoms with Gasteiger partial charge >= 0.3 is 0 Å². The van der Waals surface area contributed by atoms with E-state index >= 15 is 0 Å². The predicted molar refractivity (Wildman–Crippen MR) is 92.0 cm³/mol. The average molecular weight is 328 g/mol. The van der Waals surface area contributed by atoms with Crippen molar-refractivity contribution in [3.05, 3.63) is 66.0 Å². The molecule has 0 saturated heterocycles. The van der Waals surface area contributed by atoms with Crippen LogP contribution in [0.1, 0.15) is 18.9 Å². The molecule has 24 heavy (non-hydrogen) atoms. The molecular weight excluding hydrogens is 307 g/mol. The number of hydrogen-bond donors (Lipinski definition) is 0. The molecule has 0 atom stereocenters. The van der Waals surface area contributed by atoms with Crippen LogP contribution in [0, 0.1) is 5.82 Å². The normalized spacial score (nSPS) is 10.3. The molecule has 0 radical (unpaired) electrons. The summed E-state index contributed by atoms with van der Waals surface area (Å²) in [6, 6.07) is 15.7. The molecule has 0 N–H and O–H groups in total. The highest BCUT2D eigenvalue weighted by Crippen LogP contribution is 2.19. The molecule has 0 aromatic heterocycles. The zero-order valence-electron chi connectivity index (χ0n) is 13.9. The van der Waals surface area contributed by atoms with E-state index in [4.69, 9.17) is 0 Å². The summed E-state index contributed by atoms with van der Waals surface area (Å²) in [6.07, 6.45) is 0.136. The molecule has 126 valence electrons. The van der Waals surface area contributed by atoms with Crippen molar-refractivity contribution in [2.24, 2.45) is 0 Å². The number of carbonyl (C=O) groups is 2. The van der Waals surface area contributed by atoms with E-state index in [1.807, 2.05) is 30.3 Å². The lowest BCUT2D eigenvalue weighted by Gasteiger charge is -2.23. The van der Waals surface area contributed by atoms with Crippen LogP contribution in [0.5, 0.6) is 0 Å². The summed E-state index contributed by atoms with van der Waals surface area (Å²) in [5, 5.41) is 0. The molecule has 0 fully saturated rings. The minimum Gasteiger partial charge on any atom is -0.341 e. The molecular formula is C19H21FN2O2. The lowest BCUT2D eigenvalue weighted by Crippen LogP contribution is -2.35. The Kier molecular flexibility index (Phi) is 6.07. The Morgan fingerprint density at radius 2 is 1.62 bits per heavy atom. The van der Waals surface area contributed by atoms with Gasteiger partial charge in [0.1, 0.15) is 5.82 Å². The molecule has 2 aromatic rings. The van der Waals surface area contributed by atoms with Crippen LogP contribution in [0.3, 0.4) is 0 Å². The van der Waals surface area contributed by atoms with Crippen molar-refractivity contribution < 1.29 is 14.0 Å². The largest absolute Gasteiger partial charge is 0.341 e. The van der Waals surface area contributed by atoms with Gasteiger partial charge in [0, 0.05) is 33.5 Å². The van der Waals surface area contributed by atoms with E-state index in [2.05, 4.69) is 0 Å². The van der Waals surface area contributed by atoms with Crippen molar-refractivity contribution in [1.29, 1.82) is 0 Å². The van der Waals surface area contributed by atoms with E-state index in [9.17, 15) is 14.0 Å². The van der Waals surface area contributed by atoms with Gasteiger partial charge in [-0.3, -0.25) is 9.59 Å². The summed E-state index contributed by atoms with van der Waals surface area (Å²) in [4.78, 5) is 27.0.